The van der Waals surface area contributed by atoms with E-state index in [-0.39, 0.29) is 5.41 Å². The minimum absolute atomic E-state index is 0.112. The predicted octanol–water partition coefficient (Wildman–Crippen LogP) is 14.6. The SMILES string of the molecule is CC1(C)c2ccccc2-c2ccc(-c3cc(-c4cc(-c5ccc6ccccc6c5)cc(-c5ccc6c(c5)sc5ccccc56)c4)nc(-c4ccccc4)n3)cc21. The molecule has 2 aromatic heterocycles. The summed E-state index contributed by atoms with van der Waals surface area (Å²) in [5.41, 5.74) is 14.8. The second-order valence-electron chi connectivity index (χ2n) is 15.4. The van der Waals surface area contributed by atoms with E-state index in [1.807, 2.05) is 17.4 Å². The van der Waals surface area contributed by atoms with Crippen LogP contribution in [0.1, 0.15) is 25.0 Å². The van der Waals surface area contributed by atoms with Gasteiger partial charge in [-0.1, -0.05) is 147 Å². The molecule has 3 heteroatoms. The van der Waals surface area contributed by atoms with E-state index in [1.165, 1.54) is 64.3 Å². The summed E-state index contributed by atoms with van der Waals surface area (Å²) in [5.74, 6) is 0.713. The van der Waals surface area contributed by atoms with Crippen LogP contribution >= 0.6 is 11.3 Å². The summed E-state index contributed by atoms with van der Waals surface area (Å²) >= 11 is 1.86. The molecule has 11 rings (SSSR count). The second kappa shape index (κ2) is 12.7. The molecule has 0 bridgehead atoms. The van der Waals surface area contributed by atoms with Crippen LogP contribution in [0.4, 0.5) is 0 Å². The Kier molecular flexibility index (Phi) is 7.42. The second-order valence-corrected chi connectivity index (χ2v) is 16.5. The third-order valence-corrected chi connectivity index (χ3v) is 12.8. The lowest BCUT2D eigenvalue weighted by Crippen LogP contribution is -2.14. The number of hydrogen-bond acceptors (Lipinski definition) is 3. The van der Waals surface area contributed by atoms with Gasteiger partial charge in [0.05, 0.1) is 11.4 Å². The fourth-order valence-electron chi connectivity index (χ4n) is 8.71. The summed E-state index contributed by atoms with van der Waals surface area (Å²) in [6, 6.07) is 66.1. The molecule has 0 atom stereocenters. The normalized spacial score (nSPS) is 13.0. The maximum absolute atomic E-state index is 5.32. The maximum atomic E-state index is 5.32. The Morgan fingerprint density at radius 1 is 0.375 bits per heavy atom. The van der Waals surface area contributed by atoms with E-state index in [9.17, 15) is 0 Å². The molecule has 1 aliphatic carbocycles. The molecule has 2 nitrogen and oxygen atoms in total. The van der Waals surface area contributed by atoms with Crippen molar-refractivity contribution in [3.05, 3.63) is 193 Å². The van der Waals surface area contributed by atoms with Crippen LogP contribution in [0.25, 0.3) is 98.2 Å². The first kappa shape index (κ1) is 32.7. The van der Waals surface area contributed by atoms with Crippen molar-refractivity contribution in [1.82, 2.24) is 9.97 Å². The summed E-state index contributed by atoms with van der Waals surface area (Å²) in [5, 5.41) is 5.07. The Morgan fingerprint density at radius 2 is 1.00 bits per heavy atom. The van der Waals surface area contributed by atoms with Gasteiger partial charge < -0.3 is 0 Å². The van der Waals surface area contributed by atoms with Gasteiger partial charge in [0, 0.05) is 42.3 Å². The van der Waals surface area contributed by atoms with Crippen LogP contribution in [0.5, 0.6) is 0 Å². The van der Waals surface area contributed by atoms with Gasteiger partial charge in [-0.05, 0) is 104 Å². The molecule has 0 N–H and O–H groups in total. The van der Waals surface area contributed by atoms with Gasteiger partial charge in [-0.2, -0.15) is 0 Å². The summed E-state index contributed by atoms with van der Waals surface area (Å²) in [6.07, 6.45) is 0. The van der Waals surface area contributed by atoms with E-state index in [0.717, 1.165) is 39.2 Å². The minimum Gasteiger partial charge on any atom is -0.228 e. The lowest BCUT2D eigenvalue weighted by Gasteiger charge is -2.22. The Balaban J connectivity index is 1.12. The number of fused-ring (bicyclic) bond motifs is 7. The van der Waals surface area contributed by atoms with Crippen LogP contribution in [0.2, 0.25) is 0 Å². The van der Waals surface area contributed by atoms with Crippen molar-refractivity contribution in [3.8, 4) is 67.3 Å². The number of rotatable bonds is 5. The zero-order valence-electron chi connectivity index (χ0n) is 31.1. The summed E-state index contributed by atoms with van der Waals surface area (Å²) < 4.78 is 2.60. The van der Waals surface area contributed by atoms with Crippen LogP contribution < -0.4 is 0 Å². The van der Waals surface area contributed by atoms with Crippen molar-refractivity contribution in [1.29, 1.82) is 0 Å². The molecule has 1 aliphatic rings. The zero-order valence-corrected chi connectivity index (χ0v) is 31.9. The highest BCUT2D eigenvalue weighted by molar-refractivity contribution is 7.25. The monoisotopic (exact) mass is 732 g/mol. The molecule has 56 heavy (non-hydrogen) atoms. The molecule has 10 aromatic rings. The van der Waals surface area contributed by atoms with Crippen molar-refractivity contribution in [2.24, 2.45) is 0 Å². The molecule has 0 amide bonds. The quantitative estimate of drug-likeness (QED) is 0.176. The number of thiophene rings is 1. The average molecular weight is 733 g/mol. The van der Waals surface area contributed by atoms with E-state index >= 15 is 0 Å². The van der Waals surface area contributed by atoms with Crippen LogP contribution in [0.3, 0.4) is 0 Å². The summed E-state index contributed by atoms with van der Waals surface area (Å²) in [4.78, 5) is 10.6. The fourth-order valence-corrected chi connectivity index (χ4v) is 9.85. The Labute approximate surface area is 330 Å². The summed E-state index contributed by atoms with van der Waals surface area (Å²) in [6.45, 7) is 4.66. The Morgan fingerprint density at radius 3 is 1.86 bits per heavy atom. The standard InChI is InChI=1S/C53H36N2S/c1-53(2)46-18-10-8-16-42(46)43-24-23-38(30-47(43)53)48-32-49(55-52(54-48)34-13-4-3-5-14-34)41-28-39(36-21-20-33-12-6-7-15-35(33)26-36)27-40(29-41)37-22-25-45-44-17-9-11-19-50(44)56-51(45)31-37/h3-32H,1-2H3. The highest BCUT2D eigenvalue weighted by Crippen LogP contribution is 2.49. The molecule has 0 saturated heterocycles. The zero-order chi connectivity index (χ0) is 37.4. The molecule has 0 unspecified atom stereocenters. The molecule has 8 aromatic carbocycles. The largest absolute Gasteiger partial charge is 0.228 e. The van der Waals surface area contributed by atoms with Crippen LogP contribution in [0, 0.1) is 0 Å². The lowest BCUT2D eigenvalue weighted by molar-refractivity contribution is 0.660. The summed E-state index contributed by atoms with van der Waals surface area (Å²) in [7, 11) is 0. The van der Waals surface area contributed by atoms with Gasteiger partial charge in [0.25, 0.3) is 0 Å². The van der Waals surface area contributed by atoms with Gasteiger partial charge in [-0.15, -0.1) is 11.3 Å². The van der Waals surface area contributed by atoms with Gasteiger partial charge >= 0.3 is 0 Å². The van der Waals surface area contributed by atoms with Crippen molar-refractivity contribution in [2.45, 2.75) is 19.3 Å². The molecular formula is C53H36N2S. The van der Waals surface area contributed by atoms with Crippen LogP contribution in [-0.2, 0) is 5.41 Å². The van der Waals surface area contributed by atoms with Crippen molar-refractivity contribution < 1.29 is 0 Å². The van der Waals surface area contributed by atoms with E-state index < -0.39 is 0 Å². The Bertz CT molecular complexity index is 3170. The maximum Gasteiger partial charge on any atom is 0.160 e. The molecule has 0 radical (unpaired) electrons. The molecular weight excluding hydrogens is 697 g/mol. The number of benzene rings is 8. The number of nitrogens with zero attached hydrogens (tertiary/aromatic N) is 2. The lowest BCUT2D eigenvalue weighted by atomic mass is 9.82. The van der Waals surface area contributed by atoms with Crippen molar-refractivity contribution in [3.63, 3.8) is 0 Å². The van der Waals surface area contributed by atoms with E-state index in [1.54, 1.807) is 0 Å². The molecule has 0 spiro atoms. The predicted molar refractivity (Wildman–Crippen MR) is 237 cm³/mol. The number of aromatic nitrogens is 2. The third kappa shape index (κ3) is 5.38. The molecule has 0 fully saturated rings. The van der Waals surface area contributed by atoms with E-state index in [4.69, 9.17) is 9.97 Å². The first-order valence-electron chi connectivity index (χ1n) is 19.2. The smallest absolute Gasteiger partial charge is 0.160 e. The number of hydrogen-bond donors (Lipinski definition) is 0. The molecule has 2 heterocycles. The highest BCUT2D eigenvalue weighted by Gasteiger charge is 2.35. The highest BCUT2D eigenvalue weighted by atomic mass is 32.1. The topological polar surface area (TPSA) is 25.8 Å². The van der Waals surface area contributed by atoms with Crippen LogP contribution in [0.15, 0.2) is 182 Å². The van der Waals surface area contributed by atoms with E-state index in [0.29, 0.717) is 5.82 Å². The van der Waals surface area contributed by atoms with Crippen molar-refractivity contribution in [2.75, 3.05) is 0 Å². The first-order valence-corrected chi connectivity index (χ1v) is 20.0. The Hall–Kier alpha value is -6.68. The third-order valence-electron chi connectivity index (χ3n) is 11.7. The van der Waals surface area contributed by atoms with E-state index in [2.05, 4.69) is 190 Å². The van der Waals surface area contributed by atoms with Gasteiger partial charge in [-0.25, -0.2) is 9.97 Å². The van der Waals surface area contributed by atoms with Gasteiger partial charge in [0.2, 0.25) is 0 Å². The van der Waals surface area contributed by atoms with Gasteiger partial charge in [-0.3, -0.25) is 0 Å². The molecule has 0 aliphatic heterocycles. The molecule has 264 valence electrons. The van der Waals surface area contributed by atoms with Crippen molar-refractivity contribution >= 4 is 42.3 Å². The average Bonchev–Trinajstić information content (AvgIpc) is 3.74. The van der Waals surface area contributed by atoms with Gasteiger partial charge in [0.15, 0.2) is 5.82 Å². The fraction of sp³-hybridized carbons (Fsp3) is 0.0566. The van der Waals surface area contributed by atoms with Crippen LogP contribution in [-0.4, -0.2) is 9.97 Å². The molecule has 0 saturated carbocycles. The minimum atomic E-state index is -0.112. The van der Waals surface area contributed by atoms with Gasteiger partial charge in [0.1, 0.15) is 0 Å². The first-order chi connectivity index (χ1) is 27.5.